The van der Waals surface area contributed by atoms with Gasteiger partial charge in [0.2, 0.25) is 0 Å². The molecule has 2 N–H and O–H groups in total. The molecule has 0 bridgehead atoms. The molecule has 0 saturated heterocycles. The summed E-state index contributed by atoms with van der Waals surface area (Å²) in [5.74, 6) is 0. The van der Waals surface area contributed by atoms with Gasteiger partial charge in [0, 0.05) is 25.1 Å². The van der Waals surface area contributed by atoms with Gasteiger partial charge in [-0.1, -0.05) is 6.07 Å². The van der Waals surface area contributed by atoms with Crippen molar-refractivity contribution in [2.45, 2.75) is 19.4 Å². The lowest BCUT2D eigenvalue weighted by Gasteiger charge is -2.12. The summed E-state index contributed by atoms with van der Waals surface area (Å²) in [6.45, 7) is 1.95. The molecular weight excluding hydrogens is 256 g/mol. The molecule has 0 unspecified atom stereocenters. The number of aromatic nitrogens is 1. The Kier molecular flexibility index (Phi) is 3.38. The molecule has 82 valence electrons. The van der Waals surface area contributed by atoms with Crippen molar-refractivity contribution in [3.05, 3.63) is 28.5 Å². The van der Waals surface area contributed by atoms with Crippen molar-refractivity contribution in [2.75, 3.05) is 13.2 Å². The first kappa shape index (κ1) is 11.0. The topological polar surface area (TPSA) is 45.1 Å². The molecule has 1 aliphatic carbocycles. The second-order valence-electron chi connectivity index (χ2n) is 4.21. The number of rotatable bonds is 5. The van der Waals surface area contributed by atoms with Crippen molar-refractivity contribution in [1.29, 1.82) is 0 Å². The first-order valence-electron chi connectivity index (χ1n) is 5.17. The minimum Gasteiger partial charge on any atom is -0.396 e. The maximum absolute atomic E-state index is 9.13. The van der Waals surface area contributed by atoms with E-state index in [-0.39, 0.29) is 5.41 Å². The summed E-state index contributed by atoms with van der Waals surface area (Å²) in [5.41, 5.74) is 1.20. The summed E-state index contributed by atoms with van der Waals surface area (Å²) in [6.07, 6.45) is 2.28. The Bertz CT molecular complexity index is 339. The number of hydrogen-bond donors (Lipinski definition) is 2. The highest BCUT2D eigenvalue weighted by atomic mass is 79.9. The second kappa shape index (κ2) is 4.60. The van der Waals surface area contributed by atoms with E-state index in [4.69, 9.17) is 5.11 Å². The van der Waals surface area contributed by atoms with Crippen LogP contribution in [0.3, 0.4) is 0 Å². The van der Waals surface area contributed by atoms with Crippen LogP contribution in [0, 0.1) is 5.41 Å². The molecule has 0 spiro atoms. The van der Waals surface area contributed by atoms with E-state index in [1.165, 1.54) is 0 Å². The van der Waals surface area contributed by atoms with Crippen LogP contribution in [0.25, 0.3) is 0 Å². The SMILES string of the molecule is OCC1(CNCc2cccc(Br)n2)CC1. The number of halogens is 1. The molecule has 0 atom stereocenters. The van der Waals surface area contributed by atoms with Crippen LogP contribution in [0.15, 0.2) is 22.8 Å². The van der Waals surface area contributed by atoms with Crippen molar-refractivity contribution in [3.63, 3.8) is 0 Å². The van der Waals surface area contributed by atoms with Gasteiger partial charge in [-0.15, -0.1) is 0 Å². The molecule has 1 aromatic rings. The summed E-state index contributed by atoms with van der Waals surface area (Å²) in [7, 11) is 0. The third kappa shape index (κ3) is 3.00. The third-order valence-corrected chi connectivity index (χ3v) is 3.31. The molecule has 2 rings (SSSR count). The van der Waals surface area contributed by atoms with Gasteiger partial charge in [-0.05, 0) is 40.9 Å². The number of hydrogen-bond acceptors (Lipinski definition) is 3. The molecule has 0 aliphatic heterocycles. The zero-order valence-electron chi connectivity index (χ0n) is 8.54. The Morgan fingerprint density at radius 3 is 2.87 bits per heavy atom. The van der Waals surface area contributed by atoms with Gasteiger partial charge in [-0.2, -0.15) is 0 Å². The monoisotopic (exact) mass is 270 g/mol. The summed E-state index contributed by atoms with van der Waals surface area (Å²) in [5, 5.41) is 12.5. The van der Waals surface area contributed by atoms with Crippen molar-refractivity contribution < 1.29 is 5.11 Å². The molecule has 0 aromatic carbocycles. The fourth-order valence-corrected chi connectivity index (χ4v) is 1.95. The van der Waals surface area contributed by atoms with Crippen LogP contribution < -0.4 is 5.32 Å². The van der Waals surface area contributed by atoms with Crippen LogP contribution in [0.2, 0.25) is 0 Å². The normalized spacial score (nSPS) is 17.7. The van der Waals surface area contributed by atoms with Crippen LogP contribution in [0.4, 0.5) is 0 Å². The highest BCUT2D eigenvalue weighted by Gasteiger charge is 2.41. The van der Waals surface area contributed by atoms with E-state index >= 15 is 0 Å². The molecule has 15 heavy (non-hydrogen) atoms. The lowest BCUT2D eigenvalue weighted by molar-refractivity contribution is 0.207. The predicted molar refractivity (Wildman–Crippen MR) is 62.4 cm³/mol. The Balaban J connectivity index is 1.78. The molecule has 3 nitrogen and oxygen atoms in total. The van der Waals surface area contributed by atoms with Crippen molar-refractivity contribution >= 4 is 15.9 Å². The van der Waals surface area contributed by atoms with Gasteiger partial charge >= 0.3 is 0 Å². The zero-order chi connectivity index (χ0) is 10.7. The minimum atomic E-state index is 0.173. The lowest BCUT2D eigenvalue weighted by atomic mass is 10.1. The van der Waals surface area contributed by atoms with E-state index in [0.29, 0.717) is 6.61 Å². The number of nitrogens with one attached hydrogen (secondary N) is 1. The Morgan fingerprint density at radius 1 is 1.47 bits per heavy atom. The van der Waals surface area contributed by atoms with E-state index in [9.17, 15) is 0 Å². The number of pyridine rings is 1. The summed E-state index contributed by atoms with van der Waals surface area (Å²) < 4.78 is 0.866. The van der Waals surface area contributed by atoms with E-state index in [1.54, 1.807) is 0 Å². The van der Waals surface area contributed by atoms with E-state index < -0.39 is 0 Å². The number of aliphatic hydroxyl groups excluding tert-OH is 1. The Morgan fingerprint density at radius 2 is 2.27 bits per heavy atom. The molecule has 1 aromatic heterocycles. The predicted octanol–water partition coefficient (Wildman–Crippen LogP) is 1.71. The first-order chi connectivity index (χ1) is 7.24. The van der Waals surface area contributed by atoms with Crippen molar-refractivity contribution in [3.8, 4) is 0 Å². The van der Waals surface area contributed by atoms with Crippen LogP contribution in [0.5, 0.6) is 0 Å². The van der Waals surface area contributed by atoms with Gasteiger partial charge in [0.05, 0.1) is 5.69 Å². The Labute approximate surface area is 98.0 Å². The highest BCUT2D eigenvalue weighted by Crippen LogP contribution is 2.44. The summed E-state index contributed by atoms with van der Waals surface area (Å²) >= 11 is 3.34. The molecule has 1 heterocycles. The van der Waals surface area contributed by atoms with E-state index in [2.05, 4.69) is 26.2 Å². The summed E-state index contributed by atoms with van der Waals surface area (Å²) in [6, 6.07) is 5.89. The number of aliphatic hydroxyl groups is 1. The Hall–Kier alpha value is -0.450. The highest BCUT2D eigenvalue weighted by molar-refractivity contribution is 9.10. The number of nitrogens with zero attached hydrogens (tertiary/aromatic N) is 1. The molecular formula is C11H15BrN2O. The average Bonchev–Trinajstić information content (AvgIpc) is 2.99. The minimum absolute atomic E-state index is 0.173. The zero-order valence-corrected chi connectivity index (χ0v) is 10.1. The molecule has 0 amide bonds. The molecule has 1 saturated carbocycles. The average molecular weight is 271 g/mol. The van der Waals surface area contributed by atoms with Crippen LogP contribution in [-0.4, -0.2) is 23.2 Å². The van der Waals surface area contributed by atoms with Crippen molar-refractivity contribution in [1.82, 2.24) is 10.3 Å². The third-order valence-electron chi connectivity index (χ3n) is 2.87. The van der Waals surface area contributed by atoms with Gasteiger partial charge < -0.3 is 10.4 Å². The fraction of sp³-hybridized carbons (Fsp3) is 0.545. The van der Waals surface area contributed by atoms with Crippen LogP contribution in [-0.2, 0) is 6.54 Å². The fourth-order valence-electron chi connectivity index (χ4n) is 1.57. The largest absolute Gasteiger partial charge is 0.396 e. The lowest BCUT2D eigenvalue weighted by Crippen LogP contribution is -2.26. The molecule has 1 aliphatic rings. The maximum Gasteiger partial charge on any atom is 0.106 e. The maximum atomic E-state index is 9.13. The molecule has 1 fully saturated rings. The summed E-state index contributed by atoms with van der Waals surface area (Å²) in [4.78, 5) is 4.33. The standard InChI is InChI=1S/C11H15BrN2O/c12-10-3-1-2-9(14-10)6-13-7-11(8-15)4-5-11/h1-3,13,15H,4-8H2. The van der Waals surface area contributed by atoms with Crippen LogP contribution >= 0.6 is 15.9 Å². The van der Waals surface area contributed by atoms with E-state index in [1.807, 2.05) is 18.2 Å². The van der Waals surface area contributed by atoms with Gasteiger partial charge in [0.25, 0.3) is 0 Å². The molecule has 0 radical (unpaired) electrons. The van der Waals surface area contributed by atoms with Gasteiger partial charge in [-0.3, -0.25) is 0 Å². The van der Waals surface area contributed by atoms with Gasteiger partial charge in [0.15, 0.2) is 0 Å². The quantitative estimate of drug-likeness (QED) is 0.801. The smallest absolute Gasteiger partial charge is 0.106 e. The van der Waals surface area contributed by atoms with Crippen LogP contribution in [0.1, 0.15) is 18.5 Å². The van der Waals surface area contributed by atoms with E-state index in [0.717, 1.165) is 36.2 Å². The second-order valence-corrected chi connectivity index (χ2v) is 5.03. The van der Waals surface area contributed by atoms with Crippen molar-refractivity contribution in [2.24, 2.45) is 5.41 Å². The van der Waals surface area contributed by atoms with Gasteiger partial charge in [0.1, 0.15) is 4.60 Å². The first-order valence-corrected chi connectivity index (χ1v) is 5.96. The molecule has 4 heteroatoms. The van der Waals surface area contributed by atoms with Gasteiger partial charge in [-0.25, -0.2) is 4.98 Å².